The zero-order valence-electron chi connectivity index (χ0n) is 28.0. The molecule has 0 spiro atoms. The maximum Gasteiger partial charge on any atom is 0.0540 e. The number of benzene rings is 10. The Morgan fingerprint density at radius 2 is 0.686 bits per heavy atom. The Morgan fingerprint density at radius 3 is 1.31 bits per heavy atom. The molecule has 0 amide bonds. The van der Waals surface area contributed by atoms with E-state index in [1.54, 1.807) is 0 Å². The Morgan fingerprint density at radius 1 is 0.255 bits per heavy atom. The largest absolute Gasteiger partial charge is 0.309 e. The SMILES string of the molecule is c1ccc2cc(-c3cccc4c(N(c5ccc6ccccc6c5)c5ccc(-c6ccc7ccccc7c6)c6ccccc56)cccc34)ccc2c1. The average molecular weight is 648 g/mol. The Kier molecular flexibility index (Phi) is 6.89. The monoisotopic (exact) mass is 647 g/mol. The molecule has 0 unspecified atom stereocenters. The first-order valence-corrected chi connectivity index (χ1v) is 17.6. The molecule has 0 aromatic heterocycles. The molecule has 0 atom stereocenters. The van der Waals surface area contributed by atoms with Gasteiger partial charge < -0.3 is 4.90 Å². The van der Waals surface area contributed by atoms with Gasteiger partial charge in [0.2, 0.25) is 0 Å². The highest BCUT2D eigenvalue weighted by Crippen LogP contribution is 2.46. The molecule has 10 aromatic carbocycles. The van der Waals surface area contributed by atoms with Crippen molar-refractivity contribution >= 4 is 70.9 Å². The first kappa shape index (κ1) is 29.2. The number of rotatable bonds is 5. The van der Waals surface area contributed by atoms with Crippen LogP contribution in [0.25, 0.3) is 76.1 Å². The van der Waals surface area contributed by atoms with E-state index >= 15 is 0 Å². The molecule has 0 saturated heterocycles. The van der Waals surface area contributed by atoms with E-state index in [-0.39, 0.29) is 0 Å². The molecule has 0 aliphatic rings. The summed E-state index contributed by atoms with van der Waals surface area (Å²) in [6.45, 7) is 0. The molecule has 0 heterocycles. The highest BCUT2D eigenvalue weighted by atomic mass is 15.1. The lowest BCUT2D eigenvalue weighted by molar-refractivity contribution is 1.32. The van der Waals surface area contributed by atoms with Crippen LogP contribution in [0.15, 0.2) is 200 Å². The first-order valence-electron chi connectivity index (χ1n) is 17.6. The normalized spacial score (nSPS) is 11.5. The minimum absolute atomic E-state index is 1.13. The molecule has 1 nitrogen and oxygen atoms in total. The summed E-state index contributed by atoms with van der Waals surface area (Å²) >= 11 is 0. The number of hydrogen-bond donors (Lipinski definition) is 0. The second kappa shape index (κ2) is 12.0. The zero-order chi connectivity index (χ0) is 33.7. The van der Waals surface area contributed by atoms with E-state index < -0.39 is 0 Å². The standard InChI is InChI=1S/C50H33N/c1-4-14-37-31-40(25-23-34(37)11-1)43-19-9-21-48-46(43)20-10-22-49(48)51(42-28-27-36-13-3-6-16-39(36)33-42)50-30-29-44(45-17-7-8-18-47(45)50)41-26-24-35-12-2-5-15-38(35)32-41/h1-33H. The van der Waals surface area contributed by atoms with Gasteiger partial charge in [0, 0.05) is 16.5 Å². The quantitative estimate of drug-likeness (QED) is 0.180. The van der Waals surface area contributed by atoms with E-state index in [2.05, 4.69) is 205 Å². The van der Waals surface area contributed by atoms with Crippen molar-refractivity contribution in [3.05, 3.63) is 200 Å². The predicted octanol–water partition coefficient (Wildman–Crippen LogP) is 14.3. The van der Waals surface area contributed by atoms with Crippen LogP contribution in [0.2, 0.25) is 0 Å². The maximum atomic E-state index is 2.46. The van der Waals surface area contributed by atoms with Gasteiger partial charge in [0.1, 0.15) is 0 Å². The van der Waals surface area contributed by atoms with Crippen molar-refractivity contribution < 1.29 is 0 Å². The smallest absolute Gasteiger partial charge is 0.0540 e. The molecule has 0 saturated carbocycles. The molecule has 0 radical (unpaired) electrons. The van der Waals surface area contributed by atoms with Gasteiger partial charge in [0.15, 0.2) is 0 Å². The van der Waals surface area contributed by atoms with Crippen molar-refractivity contribution in [2.75, 3.05) is 4.90 Å². The van der Waals surface area contributed by atoms with Crippen LogP contribution in [-0.4, -0.2) is 0 Å². The molecule has 0 aliphatic carbocycles. The van der Waals surface area contributed by atoms with Crippen molar-refractivity contribution in [2.24, 2.45) is 0 Å². The Bertz CT molecular complexity index is 2820. The van der Waals surface area contributed by atoms with Gasteiger partial charge >= 0.3 is 0 Å². The van der Waals surface area contributed by atoms with Gasteiger partial charge in [-0.2, -0.15) is 0 Å². The fourth-order valence-electron chi connectivity index (χ4n) is 7.91. The molecule has 1 heteroatoms. The van der Waals surface area contributed by atoms with Crippen LogP contribution >= 0.6 is 0 Å². The maximum absolute atomic E-state index is 2.46. The number of nitrogens with zero attached hydrogens (tertiary/aromatic N) is 1. The summed E-state index contributed by atoms with van der Waals surface area (Å²) in [6, 6.07) is 73.2. The molecule has 0 fully saturated rings. The Labute approximate surface area is 297 Å². The summed E-state index contributed by atoms with van der Waals surface area (Å²) in [5.74, 6) is 0. The first-order chi connectivity index (χ1) is 25.3. The molecule has 238 valence electrons. The summed E-state index contributed by atoms with van der Waals surface area (Å²) in [7, 11) is 0. The van der Waals surface area contributed by atoms with Gasteiger partial charge in [0.05, 0.1) is 11.4 Å². The lowest BCUT2D eigenvalue weighted by Crippen LogP contribution is -2.11. The van der Waals surface area contributed by atoms with Gasteiger partial charge in [-0.05, 0) is 102 Å². The fourth-order valence-corrected chi connectivity index (χ4v) is 7.91. The molecule has 10 aromatic rings. The minimum atomic E-state index is 1.13. The average Bonchev–Trinajstić information content (AvgIpc) is 3.20. The Balaban J connectivity index is 1.21. The predicted molar refractivity (Wildman–Crippen MR) is 220 cm³/mol. The van der Waals surface area contributed by atoms with Crippen LogP contribution in [0.1, 0.15) is 0 Å². The van der Waals surface area contributed by atoms with Gasteiger partial charge in [-0.15, -0.1) is 0 Å². The van der Waals surface area contributed by atoms with E-state index in [4.69, 9.17) is 0 Å². The molecular formula is C50H33N. The van der Waals surface area contributed by atoms with Crippen LogP contribution in [0, 0.1) is 0 Å². The summed E-state index contributed by atoms with van der Waals surface area (Å²) < 4.78 is 0. The van der Waals surface area contributed by atoms with Crippen LogP contribution in [0.4, 0.5) is 17.1 Å². The molecule has 10 rings (SSSR count). The molecule has 0 N–H and O–H groups in total. The number of anilines is 3. The second-order valence-corrected chi connectivity index (χ2v) is 13.3. The van der Waals surface area contributed by atoms with Gasteiger partial charge in [0.25, 0.3) is 0 Å². The highest BCUT2D eigenvalue weighted by molar-refractivity contribution is 6.11. The third-order valence-electron chi connectivity index (χ3n) is 10.4. The van der Waals surface area contributed by atoms with Crippen LogP contribution in [0.3, 0.4) is 0 Å². The zero-order valence-corrected chi connectivity index (χ0v) is 28.0. The van der Waals surface area contributed by atoms with E-state index in [0.717, 1.165) is 17.1 Å². The second-order valence-electron chi connectivity index (χ2n) is 13.3. The van der Waals surface area contributed by atoms with Gasteiger partial charge in [-0.3, -0.25) is 0 Å². The topological polar surface area (TPSA) is 3.24 Å². The van der Waals surface area contributed by atoms with E-state index in [0.29, 0.717) is 0 Å². The fraction of sp³-hybridized carbons (Fsp3) is 0. The van der Waals surface area contributed by atoms with Crippen LogP contribution in [-0.2, 0) is 0 Å². The number of hydrogen-bond acceptors (Lipinski definition) is 1. The highest BCUT2D eigenvalue weighted by Gasteiger charge is 2.20. The minimum Gasteiger partial charge on any atom is -0.309 e. The number of fused-ring (bicyclic) bond motifs is 5. The molecule has 51 heavy (non-hydrogen) atoms. The third kappa shape index (κ3) is 5.02. The van der Waals surface area contributed by atoms with E-state index in [1.165, 1.54) is 76.1 Å². The van der Waals surface area contributed by atoms with Crippen LogP contribution < -0.4 is 4.90 Å². The third-order valence-corrected chi connectivity index (χ3v) is 10.4. The summed E-state index contributed by atoms with van der Waals surface area (Å²) in [5.41, 5.74) is 8.33. The summed E-state index contributed by atoms with van der Waals surface area (Å²) in [6.07, 6.45) is 0. The summed E-state index contributed by atoms with van der Waals surface area (Å²) in [4.78, 5) is 2.46. The van der Waals surface area contributed by atoms with Gasteiger partial charge in [-0.1, -0.05) is 164 Å². The van der Waals surface area contributed by atoms with Crippen molar-refractivity contribution in [3.63, 3.8) is 0 Å². The van der Waals surface area contributed by atoms with Crippen LogP contribution in [0.5, 0.6) is 0 Å². The van der Waals surface area contributed by atoms with Gasteiger partial charge in [-0.25, -0.2) is 0 Å². The lowest BCUT2D eigenvalue weighted by Gasteiger charge is -2.29. The van der Waals surface area contributed by atoms with E-state index in [1.807, 2.05) is 0 Å². The molecule has 0 bridgehead atoms. The molecule has 0 aliphatic heterocycles. The lowest BCUT2D eigenvalue weighted by atomic mass is 9.93. The van der Waals surface area contributed by atoms with Crippen molar-refractivity contribution in [1.82, 2.24) is 0 Å². The molecular weight excluding hydrogens is 615 g/mol. The Hall–Kier alpha value is -6.70. The van der Waals surface area contributed by atoms with E-state index in [9.17, 15) is 0 Å². The van der Waals surface area contributed by atoms with Crippen molar-refractivity contribution in [1.29, 1.82) is 0 Å². The van der Waals surface area contributed by atoms with Crippen molar-refractivity contribution in [2.45, 2.75) is 0 Å². The summed E-state index contributed by atoms with van der Waals surface area (Å²) in [5, 5.41) is 12.3. The van der Waals surface area contributed by atoms with Crippen molar-refractivity contribution in [3.8, 4) is 22.3 Å².